The van der Waals surface area contributed by atoms with Gasteiger partial charge in [-0.2, -0.15) is 0 Å². The molecule has 1 aliphatic heterocycles. The second-order valence-corrected chi connectivity index (χ2v) is 6.86. The van der Waals surface area contributed by atoms with Gasteiger partial charge in [0.15, 0.2) is 4.32 Å². The molecule has 3 aromatic rings. The Morgan fingerprint density at radius 2 is 1.88 bits per heavy atom. The second-order valence-electron chi connectivity index (χ2n) is 5.18. The number of thiocarbonyl (C=S) groups is 1. The molecule has 1 amide bonds. The standard InChI is InChI=1S/C18H10FNO2S2/c19-12-5-7-13(8-6-12)20-17(21)16(24-18(20)23)10-14-9-11-3-1-2-4-15(11)22-14/h1-10H/b16-10-. The first-order valence-electron chi connectivity index (χ1n) is 7.14. The number of furan rings is 1. The van der Waals surface area contributed by atoms with E-state index in [-0.39, 0.29) is 11.7 Å². The van der Waals surface area contributed by atoms with Crippen molar-refractivity contribution in [2.75, 3.05) is 4.90 Å². The number of benzene rings is 2. The van der Waals surface area contributed by atoms with Crippen LogP contribution in [0, 0.1) is 5.82 Å². The summed E-state index contributed by atoms with van der Waals surface area (Å²) in [5, 5.41) is 0.970. The molecule has 0 bridgehead atoms. The predicted molar refractivity (Wildman–Crippen MR) is 98.3 cm³/mol. The lowest BCUT2D eigenvalue weighted by Crippen LogP contribution is -2.27. The van der Waals surface area contributed by atoms with E-state index in [0.29, 0.717) is 20.7 Å². The van der Waals surface area contributed by atoms with Gasteiger partial charge in [-0.25, -0.2) is 4.39 Å². The van der Waals surface area contributed by atoms with Crippen LogP contribution in [0.1, 0.15) is 5.76 Å². The molecule has 1 saturated heterocycles. The zero-order chi connectivity index (χ0) is 16.7. The van der Waals surface area contributed by atoms with Crippen LogP contribution in [0.15, 0.2) is 63.9 Å². The summed E-state index contributed by atoms with van der Waals surface area (Å²) in [5.74, 6) is -0.00474. The number of hydrogen-bond acceptors (Lipinski definition) is 4. The fraction of sp³-hybridized carbons (Fsp3) is 0. The Hall–Kier alpha value is -2.44. The number of thioether (sulfide) groups is 1. The molecule has 1 fully saturated rings. The molecule has 2 aromatic carbocycles. The molecule has 0 saturated carbocycles. The maximum atomic E-state index is 13.1. The van der Waals surface area contributed by atoms with Crippen molar-refractivity contribution in [3.05, 3.63) is 71.1 Å². The van der Waals surface area contributed by atoms with Crippen molar-refractivity contribution in [3.8, 4) is 0 Å². The molecule has 118 valence electrons. The van der Waals surface area contributed by atoms with E-state index >= 15 is 0 Å². The van der Waals surface area contributed by atoms with Gasteiger partial charge >= 0.3 is 0 Å². The summed E-state index contributed by atoms with van der Waals surface area (Å²) in [4.78, 5) is 14.5. The molecule has 0 radical (unpaired) electrons. The van der Waals surface area contributed by atoms with Gasteiger partial charge in [0.25, 0.3) is 5.91 Å². The van der Waals surface area contributed by atoms with Crippen LogP contribution in [-0.4, -0.2) is 10.2 Å². The van der Waals surface area contributed by atoms with E-state index in [2.05, 4.69) is 0 Å². The van der Waals surface area contributed by atoms with Gasteiger partial charge < -0.3 is 4.42 Å². The Morgan fingerprint density at radius 1 is 1.12 bits per heavy atom. The van der Waals surface area contributed by atoms with Gasteiger partial charge in [-0.1, -0.05) is 42.2 Å². The van der Waals surface area contributed by atoms with Gasteiger partial charge in [-0.15, -0.1) is 0 Å². The Balaban J connectivity index is 1.68. The minimum absolute atomic E-state index is 0.239. The number of fused-ring (bicyclic) bond motifs is 1. The van der Waals surface area contributed by atoms with Crippen LogP contribution in [0.4, 0.5) is 10.1 Å². The largest absolute Gasteiger partial charge is 0.457 e. The molecule has 0 aliphatic carbocycles. The molecule has 3 nitrogen and oxygen atoms in total. The number of carbonyl (C=O) groups excluding carboxylic acids is 1. The average Bonchev–Trinajstić information content (AvgIpc) is 3.09. The van der Waals surface area contributed by atoms with Gasteiger partial charge in [0.05, 0.1) is 10.6 Å². The van der Waals surface area contributed by atoms with Crippen molar-refractivity contribution in [1.29, 1.82) is 0 Å². The van der Waals surface area contributed by atoms with Crippen molar-refractivity contribution in [1.82, 2.24) is 0 Å². The van der Waals surface area contributed by atoms with Crippen LogP contribution >= 0.6 is 24.0 Å². The van der Waals surface area contributed by atoms with Crippen LogP contribution in [0.2, 0.25) is 0 Å². The fourth-order valence-electron chi connectivity index (χ4n) is 2.48. The second kappa shape index (κ2) is 5.89. The summed E-state index contributed by atoms with van der Waals surface area (Å²) in [6.07, 6.45) is 1.68. The number of hydrogen-bond donors (Lipinski definition) is 0. The smallest absolute Gasteiger partial charge is 0.270 e. The van der Waals surface area contributed by atoms with Crippen LogP contribution in [0.3, 0.4) is 0 Å². The predicted octanol–water partition coefficient (Wildman–Crippen LogP) is 4.98. The minimum atomic E-state index is -0.359. The van der Waals surface area contributed by atoms with Crippen molar-refractivity contribution in [2.45, 2.75) is 0 Å². The maximum absolute atomic E-state index is 13.1. The Kier molecular flexibility index (Phi) is 3.70. The first-order valence-corrected chi connectivity index (χ1v) is 8.36. The number of anilines is 1. The molecule has 1 aliphatic rings. The van der Waals surface area contributed by atoms with E-state index in [1.165, 1.54) is 40.9 Å². The summed E-state index contributed by atoms with van der Waals surface area (Å²) in [7, 11) is 0. The highest BCUT2D eigenvalue weighted by Gasteiger charge is 2.33. The summed E-state index contributed by atoms with van der Waals surface area (Å²) in [6.45, 7) is 0. The van der Waals surface area contributed by atoms with Crippen molar-refractivity contribution in [2.24, 2.45) is 0 Å². The molecular weight excluding hydrogens is 345 g/mol. The quantitative estimate of drug-likeness (QED) is 0.480. The molecule has 0 spiro atoms. The van der Waals surface area contributed by atoms with Gasteiger partial charge in [-0.3, -0.25) is 9.69 Å². The number of rotatable bonds is 2. The van der Waals surface area contributed by atoms with E-state index in [4.69, 9.17) is 16.6 Å². The first kappa shape index (κ1) is 15.1. The lowest BCUT2D eigenvalue weighted by molar-refractivity contribution is -0.113. The third-order valence-electron chi connectivity index (χ3n) is 3.60. The van der Waals surface area contributed by atoms with Crippen molar-refractivity contribution in [3.63, 3.8) is 0 Å². The summed E-state index contributed by atoms with van der Waals surface area (Å²) in [6, 6.07) is 15.2. The maximum Gasteiger partial charge on any atom is 0.270 e. The third-order valence-corrected chi connectivity index (χ3v) is 4.90. The number of nitrogens with zero attached hydrogens (tertiary/aromatic N) is 1. The molecule has 4 rings (SSSR count). The zero-order valence-corrected chi connectivity index (χ0v) is 13.9. The van der Waals surface area contributed by atoms with E-state index < -0.39 is 0 Å². The van der Waals surface area contributed by atoms with E-state index in [1.54, 1.807) is 6.08 Å². The van der Waals surface area contributed by atoms with Crippen LogP contribution in [0.5, 0.6) is 0 Å². The monoisotopic (exact) mass is 355 g/mol. The Labute approximate surface area is 146 Å². The molecule has 0 unspecified atom stereocenters. The summed E-state index contributed by atoms with van der Waals surface area (Å²) < 4.78 is 19.2. The molecule has 0 N–H and O–H groups in total. The fourth-order valence-corrected chi connectivity index (χ4v) is 3.76. The van der Waals surface area contributed by atoms with E-state index in [0.717, 1.165) is 11.0 Å². The average molecular weight is 355 g/mol. The minimum Gasteiger partial charge on any atom is -0.457 e. The number of carbonyl (C=O) groups is 1. The molecule has 24 heavy (non-hydrogen) atoms. The van der Waals surface area contributed by atoms with Gasteiger partial charge in [-0.05, 0) is 36.4 Å². The lowest BCUT2D eigenvalue weighted by Gasteiger charge is -2.13. The zero-order valence-electron chi connectivity index (χ0n) is 12.2. The van der Waals surface area contributed by atoms with Crippen molar-refractivity contribution >= 4 is 56.9 Å². The highest BCUT2D eigenvalue weighted by molar-refractivity contribution is 8.27. The molecule has 2 heterocycles. The highest BCUT2D eigenvalue weighted by Crippen LogP contribution is 2.36. The number of amides is 1. The first-order chi connectivity index (χ1) is 11.6. The Bertz CT molecular complexity index is 959. The van der Waals surface area contributed by atoms with Gasteiger partial charge in [0.1, 0.15) is 17.2 Å². The molecule has 1 aromatic heterocycles. The number of halogens is 1. The van der Waals surface area contributed by atoms with Crippen molar-refractivity contribution < 1.29 is 13.6 Å². The van der Waals surface area contributed by atoms with Crippen LogP contribution in [-0.2, 0) is 4.79 Å². The van der Waals surface area contributed by atoms with E-state index in [9.17, 15) is 9.18 Å². The molecular formula is C18H10FNO2S2. The molecule has 6 heteroatoms. The normalized spacial score (nSPS) is 16.5. The van der Waals surface area contributed by atoms with E-state index in [1.807, 2.05) is 30.3 Å². The molecule has 0 atom stereocenters. The van der Waals surface area contributed by atoms with Crippen LogP contribution < -0.4 is 4.90 Å². The summed E-state index contributed by atoms with van der Waals surface area (Å²) >= 11 is 6.49. The topological polar surface area (TPSA) is 33.5 Å². The Morgan fingerprint density at radius 3 is 2.62 bits per heavy atom. The SMILES string of the molecule is O=C1/C(=C/c2cc3ccccc3o2)SC(=S)N1c1ccc(F)cc1. The van der Waals surface area contributed by atoms with Gasteiger partial charge in [0, 0.05) is 11.5 Å². The lowest BCUT2D eigenvalue weighted by atomic mass is 10.2. The highest BCUT2D eigenvalue weighted by atomic mass is 32.2. The van der Waals surface area contributed by atoms with Crippen LogP contribution in [0.25, 0.3) is 17.0 Å². The third kappa shape index (κ3) is 2.64. The van der Waals surface area contributed by atoms with Gasteiger partial charge in [0.2, 0.25) is 0 Å². The number of para-hydroxylation sites is 1. The summed E-state index contributed by atoms with van der Waals surface area (Å²) in [5.41, 5.74) is 1.31.